The molecule has 2 aromatic carbocycles. The topological polar surface area (TPSA) is 89.2 Å². The van der Waals surface area contributed by atoms with Gasteiger partial charge in [0.15, 0.2) is 5.13 Å². The number of hydrogen-bond donors (Lipinski definition) is 0. The molecule has 3 aromatic heterocycles. The van der Waals surface area contributed by atoms with Crippen LogP contribution in [0.25, 0.3) is 20.3 Å². The van der Waals surface area contributed by atoms with Crippen LogP contribution in [0.5, 0.6) is 0 Å². The molecular weight excluding hydrogens is 468 g/mol. The number of benzene rings is 2. The van der Waals surface area contributed by atoms with Crippen LogP contribution in [0.3, 0.4) is 0 Å². The smallest absolute Gasteiger partial charge is 0.270 e. The fourth-order valence-corrected chi connectivity index (χ4v) is 5.54. The Labute approximate surface area is 194 Å². The summed E-state index contributed by atoms with van der Waals surface area (Å²) in [7, 11) is 0. The molecule has 0 aliphatic rings. The van der Waals surface area contributed by atoms with E-state index in [1.54, 1.807) is 29.3 Å². The molecule has 5 aromatic rings. The average Bonchev–Trinajstić information content (AvgIpc) is 3.42. The van der Waals surface area contributed by atoms with Crippen molar-refractivity contribution in [2.24, 2.45) is 0 Å². The van der Waals surface area contributed by atoms with E-state index in [-0.39, 0.29) is 18.1 Å². The van der Waals surface area contributed by atoms with Gasteiger partial charge >= 0.3 is 0 Å². The second kappa shape index (κ2) is 8.27. The molecule has 158 valence electrons. The highest BCUT2D eigenvalue weighted by molar-refractivity contribution is 7.23. The highest BCUT2D eigenvalue weighted by Gasteiger charge is 2.25. The number of thiophene rings is 1. The molecule has 32 heavy (non-hydrogen) atoms. The number of nitro benzene ring substituents is 1. The fourth-order valence-electron chi connectivity index (χ4n) is 3.28. The molecule has 0 bridgehead atoms. The van der Waals surface area contributed by atoms with Crippen LogP contribution in [-0.4, -0.2) is 20.8 Å². The molecule has 0 aliphatic carbocycles. The van der Waals surface area contributed by atoms with E-state index < -0.39 is 4.92 Å². The highest BCUT2D eigenvalue weighted by atomic mass is 35.5. The van der Waals surface area contributed by atoms with Crippen LogP contribution in [0.15, 0.2) is 66.9 Å². The Kier molecular flexibility index (Phi) is 5.30. The van der Waals surface area contributed by atoms with Gasteiger partial charge in [-0.1, -0.05) is 35.1 Å². The van der Waals surface area contributed by atoms with Crippen molar-refractivity contribution >= 4 is 71.3 Å². The quantitative estimate of drug-likeness (QED) is 0.217. The molecule has 0 unspecified atom stereocenters. The lowest BCUT2D eigenvalue weighted by Gasteiger charge is -2.18. The zero-order valence-electron chi connectivity index (χ0n) is 16.3. The Morgan fingerprint density at radius 2 is 1.94 bits per heavy atom. The molecule has 0 saturated heterocycles. The number of thiazole rings is 1. The maximum absolute atomic E-state index is 13.6. The summed E-state index contributed by atoms with van der Waals surface area (Å²) in [6.07, 6.45) is 1.67. The minimum Gasteiger partial charge on any atom is -0.277 e. The van der Waals surface area contributed by atoms with Gasteiger partial charge in [-0.15, -0.1) is 11.3 Å². The van der Waals surface area contributed by atoms with Gasteiger partial charge in [0.1, 0.15) is 5.52 Å². The zero-order chi connectivity index (χ0) is 22.2. The predicted octanol–water partition coefficient (Wildman–Crippen LogP) is 6.31. The largest absolute Gasteiger partial charge is 0.277 e. The van der Waals surface area contributed by atoms with Crippen LogP contribution < -0.4 is 4.90 Å². The first-order valence-electron chi connectivity index (χ1n) is 9.44. The van der Waals surface area contributed by atoms with Crippen LogP contribution in [0.1, 0.15) is 15.4 Å². The first-order valence-corrected chi connectivity index (χ1v) is 11.5. The van der Waals surface area contributed by atoms with Gasteiger partial charge in [-0.3, -0.25) is 24.8 Å². The molecule has 0 fully saturated rings. The van der Waals surface area contributed by atoms with Gasteiger partial charge in [0.2, 0.25) is 0 Å². The summed E-state index contributed by atoms with van der Waals surface area (Å²) < 4.78 is 1.67. The zero-order valence-corrected chi connectivity index (χ0v) is 18.7. The van der Waals surface area contributed by atoms with E-state index in [0.717, 1.165) is 9.40 Å². The van der Waals surface area contributed by atoms with Gasteiger partial charge in [-0.2, -0.15) is 0 Å². The third kappa shape index (κ3) is 3.81. The van der Waals surface area contributed by atoms with Crippen LogP contribution >= 0.6 is 34.3 Å². The molecule has 5 rings (SSSR count). The standard InChI is InChI=1S/C22H13ClN4O3S2/c23-16-5-3-6-18-20(16)25-22(32-18)26(12-14-4-1-2-9-24-14)21(28)19-11-13-10-15(27(29)30)7-8-17(13)31-19/h1-11H,12H2. The average molecular weight is 481 g/mol. The van der Waals surface area contributed by atoms with E-state index in [1.807, 2.05) is 30.3 Å². The Balaban J connectivity index is 1.59. The number of anilines is 1. The first-order chi connectivity index (χ1) is 15.5. The summed E-state index contributed by atoms with van der Waals surface area (Å²) in [5.74, 6) is -0.255. The minimum absolute atomic E-state index is 0.0135. The van der Waals surface area contributed by atoms with E-state index in [4.69, 9.17) is 11.6 Å². The summed E-state index contributed by atoms with van der Waals surface area (Å²) in [5.41, 5.74) is 1.34. The second-order valence-corrected chi connectivity index (χ2v) is 9.39. The molecule has 0 radical (unpaired) electrons. The van der Waals surface area contributed by atoms with E-state index in [1.165, 1.54) is 34.8 Å². The minimum atomic E-state index is -0.448. The lowest BCUT2D eigenvalue weighted by Crippen LogP contribution is -2.30. The number of nitro groups is 1. The van der Waals surface area contributed by atoms with Crippen molar-refractivity contribution in [3.63, 3.8) is 0 Å². The molecule has 3 heterocycles. The molecule has 10 heteroatoms. The van der Waals surface area contributed by atoms with Crippen molar-refractivity contribution < 1.29 is 9.72 Å². The van der Waals surface area contributed by atoms with Crippen molar-refractivity contribution in [3.8, 4) is 0 Å². The summed E-state index contributed by atoms with van der Waals surface area (Å²) in [4.78, 5) is 35.3. The highest BCUT2D eigenvalue weighted by Crippen LogP contribution is 2.36. The second-order valence-electron chi connectivity index (χ2n) is 6.89. The number of carbonyl (C=O) groups excluding carboxylic acids is 1. The number of amides is 1. The molecule has 0 spiro atoms. The summed E-state index contributed by atoms with van der Waals surface area (Å²) in [5, 5.41) is 12.8. The van der Waals surface area contributed by atoms with E-state index in [2.05, 4.69) is 9.97 Å². The number of nitrogens with zero attached hydrogens (tertiary/aromatic N) is 4. The maximum atomic E-state index is 13.6. The van der Waals surface area contributed by atoms with Crippen LogP contribution in [0.2, 0.25) is 5.02 Å². The number of pyridine rings is 1. The molecule has 1 amide bonds. The summed E-state index contributed by atoms with van der Waals surface area (Å²) in [6, 6.07) is 17.3. The Bertz CT molecular complexity index is 1480. The Morgan fingerprint density at radius 1 is 1.06 bits per heavy atom. The number of halogens is 1. The third-order valence-corrected chi connectivity index (χ3v) is 7.25. The Hall–Kier alpha value is -3.40. The lowest BCUT2D eigenvalue weighted by atomic mass is 10.2. The number of para-hydroxylation sites is 1. The van der Waals surface area contributed by atoms with Crippen molar-refractivity contribution in [2.75, 3.05) is 4.90 Å². The summed E-state index contributed by atoms with van der Waals surface area (Å²) in [6.45, 7) is 0.228. The molecule has 0 N–H and O–H groups in total. The molecular formula is C22H13ClN4O3S2. The van der Waals surface area contributed by atoms with Crippen molar-refractivity contribution in [1.82, 2.24) is 9.97 Å². The maximum Gasteiger partial charge on any atom is 0.270 e. The molecule has 0 atom stereocenters. The monoisotopic (exact) mass is 480 g/mol. The number of aromatic nitrogens is 2. The van der Waals surface area contributed by atoms with Crippen LogP contribution in [0.4, 0.5) is 10.8 Å². The van der Waals surface area contributed by atoms with Gasteiger partial charge in [0, 0.05) is 28.4 Å². The molecule has 0 aliphatic heterocycles. The van der Waals surface area contributed by atoms with Gasteiger partial charge in [0.05, 0.1) is 31.8 Å². The van der Waals surface area contributed by atoms with Crippen molar-refractivity contribution in [1.29, 1.82) is 0 Å². The van der Waals surface area contributed by atoms with E-state index in [9.17, 15) is 14.9 Å². The predicted molar refractivity (Wildman–Crippen MR) is 128 cm³/mol. The van der Waals surface area contributed by atoms with Gasteiger partial charge in [-0.05, 0) is 36.4 Å². The van der Waals surface area contributed by atoms with Gasteiger partial charge in [0.25, 0.3) is 11.6 Å². The SMILES string of the molecule is O=C(c1cc2cc([N+](=O)[O-])ccc2s1)N(Cc1ccccn1)c1nc2c(Cl)cccc2s1. The van der Waals surface area contributed by atoms with Crippen LogP contribution in [0, 0.1) is 10.1 Å². The first kappa shape index (κ1) is 20.5. The number of carbonyl (C=O) groups is 1. The van der Waals surface area contributed by atoms with E-state index in [0.29, 0.717) is 31.6 Å². The van der Waals surface area contributed by atoms with Crippen LogP contribution in [-0.2, 0) is 6.54 Å². The molecule has 7 nitrogen and oxygen atoms in total. The third-order valence-electron chi connectivity index (χ3n) is 4.80. The number of fused-ring (bicyclic) bond motifs is 2. The molecule has 0 saturated carbocycles. The summed E-state index contributed by atoms with van der Waals surface area (Å²) >= 11 is 8.96. The fraction of sp³-hybridized carbons (Fsp3) is 0.0455. The lowest BCUT2D eigenvalue weighted by molar-refractivity contribution is -0.384. The van der Waals surface area contributed by atoms with Crippen molar-refractivity contribution in [3.05, 3.63) is 92.6 Å². The normalized spacial score (nSPS) is 11.2. The van der Waals surface area contributed by atoms with Gasteiger partial charge < -0.3 is 0 Å². The Morgan fingerprint density at radius 3 is 2.69 bits per heavy atom. The number of rotatable bonds is 5. The number of hydrogen-bond acceptors (Lipinski definition) is 7. The van der Waals surface area contributed by atoms with E-state index >= 15 is 0 Å². The van der Waals surface area contributed by atoms with Gasteiger partial charge in [-0.25, -0.2) is 4.98 Å². The number of non-ortho nitro benzene ring substituents is 1. The van der Waals surface area contributed by atoms with Crippen molar-refractivity contribution in [2.45, 2.75) is 6.54 Å².